The van der Waals surface area contributed by atoms with E-state index in [9.17, 15) is 0 Å². The fourth-order valence-electron chi connectivity index (χ4n) is 5.59. The van der Waals surface area contributed by atoms with Gasteiger partial charge < -0.3 is 0 Å². The molecule has 3 saturated carbocycles. The maximum absolute atomic E-state index is 5.93. The molecule has 1 aromatic rings. The van der Waals surface area contributed by atoms with E-state index < -0.39 is 0 Å². The highest BCUT2D eigenvalue weighted by Gasteiger charge is 2.66. The van der Waals surface area contributed by atoms with Crippen LogP contribution in [0.2, 0.25) is 0 Å². The van der Waals surface area contributed by atoms with Crippen LogP contribution in [-0.2, 0) is 19.4 Å². The highest BCUT2D eigenvalue weighted by Crippen LogP contribution is 2.70. The van der Waals surface area contributed by atoms with Crippen molar-refractivity contribution < 1.29 is 0 Å². The predicted octanol–water partition coefficient (Wildman–Crippen LogP) is 2.13. The molecule has 3 N–H and O–H groups in total. The van der Waals surface area contributed by atoms with Crippen LogP contribution in [0, 0.1) is 29.6 Å². The fraction of sp³-hybridized carbons (Fsp3) is 0.824. The molecule has 1 heterocycles. The zero-order valence-electron chi connectivity index (χ0n) is 13.3. The van der Waals surface area contributed by atoms with Gasteiger partial charge in [-0.05, 0) is 68.3 Å². The van der Waals surface area contributed by atoms with Gasteiger partial charge in [-0.25, -0.2) is 0 Å². The number of hydrogen-bond acceptors (Lipinski definition) is 3. The number of nitrogens with one attached hydrogen (secondary N) is 1. The van der Waals surface area contributed by atoms with Crippen LogP contribution >= 0.6 is 0 Å². The van der Waals surface area contributed by atoms with Crippen molar-refractivity contribution in [2.75, 3.05) is 0 Å². The van der Waals surface area contributed by atoms with Crippen molar-refractivity contribution in [1.29, 1.82) is 0 Å². The molecule has 0 radical (unpaired) electrons. The lowest BCUT2D eigenvalue weighted by molar-refractivity contribution is 0.359. The van der Waals surface area contributed by atoms with E-state index in [0.29, 0.717) is 6.04 Å². The van der Waals surface area contributed by atoms with Crippen LogP contribution in [0.4, 0.5) is 0 Å². The molecule has 0 amide bonds. The minimum absolute atomic E-state index is 0.440. The molecule has 5 atom stereocenters. The highest BCUT2D eigenvalue weighted by molar-refractivity contribution is 5.19. The molecule has 5 unspecified atom stereocenters. The van der Waals surface area contributed by atoms with E-state index in [0.717, 1.165) is 49.0 Å². The Morgan fingerprint density at radius 1 is 1.33 bits per heavy atom. The molecule has 3 aliphatic rings. The first-order chi connectivity index (χ1) is 10.3. The van der Waals surface area contributed by atoms with Crippen LogP contribution < -0.4 is 11.3 Å². The maximum atomic E-state index is 5.93. The molecule has 3 fully saturated rings. The summed E-state index contributed by atoms with van der Waals surface area (Å²) in [6, 6.07) is 2.72. The fourth-order valence-corrected chi connectivity index (χ4v) is 5.59. The van der Waals surface area contributed by atoms with Gasteiger partial charge in [-0.1, -0.05) is 6.92 Å². The first kappa shape index (κ1) is 13.8. The van der Waals surface area contributed by atoms with Crippen molar-refractivity contribution in [2.24, 2.45) is 35.4 Å². The molecule has 1 aromatic heterocycles. The van der Waals surface area contributed by atoms with Crippen LogP contribution in [0.1, 0.15) is 44.5 Å². The van der Waals surface area contributed by atoms with Crippen molar-refractivity contribution >= 4 is 0 Å². The second kappa shape index (κ2) is 5.10. The first-order valence-electron chi connectivity index (χ1n) is 8.78. The van der Waals surface area contributed by atoms with Crippen molar-refractivity contribution in [3.63, 3.8) is 0 Å². The number of nitrogens with zero attached hydrogens (tertiary/aromatic N) is 2. The number of rotatable bonds is 6. The van der Waals surface area contributed by atoms with Gasteiger partial charge in [0.1, 0.15) is 0 Å². The summed E-state index contributed by atoms with van der Waals surface area (Å²) in [5.74, 6) is 10.7. The van der Waals surface area contributed by atoms with E-state index in [2.05, 4.69) is 35.1 Å². The monoisotopic (exact) mass is 288 g/mol. The van der Waals surface area contributed by atoms with E-state index >= 15 is 0 Å². The van der Waals surface area contributed by atoms with Gasteiger partial charge in [0.25, 0.3) is 0 Å². The quantitative estimate of drug-likeness (QED) is 0.623. The lowest BCUT2D eigenvalue weighted by Crippen LogP contribution is -2.40. The topological polar surface area (TPSA) is 55.9 Å². The molecule has 4 nitrogen and oxygen atoms in total. The Hall–Kier alpha value is -0.870. The van der Waals surface area contributed by atoms with Gasteiger partial charge >= 0.3 is 0 Å². The van der Waals surface area contributed by atoms with Crippen LogP contribution in [0.25, 0.3) is 0 Å². The van der Waals surface area contributed by atoms with E-state index in [1.165, 1.54) is 30.7 Å². The van der Waals surface area contributed by atoms with E-state index in [4.69, 9.17) is 5.84 Å². The lowest BCUT2D eigenvalue weighted by Gasteiger charge is -2.20. The molecule has 116 valence electrons. The normalized spacial score (nSPS) is 37.8. The Labute approximate surface area is 127 Å². The maximum Gasteiger partial charge on any atom is 0.0624 e. The second-order valence-electron chi connectivity index (χ2n) is 7.34. The largest absolute Gasteiger partial charge is 0.271 e. The van der Waals surface area contributed by atoms with Crippen LogP contribution in [0.5, 0.6) is 0 Å². The molecule has 21 heavy (non-hydrogen) atoms. The van der Waals surface area contributed by atoms with Gasteiger partial charge in [-0.2, -0.15) is 5.10 Å². The average Bonchev–Trinajstić information content (AvgIpc) is 2.85. The SMILES string of the molecule is CCc1cc(CC(NN)C2C3C4CCC(C4)C32)n(CC)n1. The average molecular weight is 288 g/mol. The minimum Gasteiger partial charge on any atom is -0.271 e. The molecular weight excluding hydrogens is 260 g/mol. The summed E-state index contributed by atoms with van der Waals surface area (Å²) in [7, 11) is 0. The molecule has 3 aliphatic carbocycles. The Kier molecular flexibility index (Phi) is 3.34. The van der Waals surface area contributed by atoms with E-state index in [1.54, 1.807) is 0 Å². The molecular formula is C17H28N4. The molecule has 2 bridgehead atoms. The van der Waals surface area contributed by atoms with Crippen LogP contribution in [-0.4, -0.2) is 15.8 Å². The third-order valence-electron chi connectivity index (χ3n) is 6.48. The summed E-state index contributed by atoms with van der Waals surface area (Å²) in [5, 5.41) is 4.68. The molecule has 0 aliphatic heterocycles. The smallest absolute Gasteiger partial charge is 0.0624 e. The van der Waals surface area contributed by atoms with Crippen molar-refractivity contribution in [3.05, 3.63) is 17.5 Å². The van der Waals surface area contributed by atoms with Gasteiger partial charge in [-0.15, -0.1) is 0 Å². The third-order valence-corrected chi connectivity index (χ3v) is 6.48. The summed E-state index contributed by atoms with van der Waals surface area (Å²) in [4.78, 5) is 0. The molecule has 4 rings (SSSR count). The van der Waals surface area contributed by atoms with Gasteiger partial charge in [0.15, 0.2) is 0 Å². The Morgan fingerprint density at radius 3 is 2.62 bits per heavy atom. The number of fused-ring (bicyclic) bond motifs is 5. The Morgan fingerprint density at radius 2 is 2.05 bits per heavy atom. The zero-order chi connectivity index (χ0) is 14.6. The number of nitrogens with two attached hydrogens (primary N) is 1. The van der Waals surface area contributed by atoms with Gasteiger partial charge in [0.2, 0.25) is 0 Å². The number of hydrazine groups is 1. The number of aryl methyl sites for hydroxylation is 2. The Balaban J connectivity index is 1.49. The van der Waals surface area contributed by atoms with Gasteiger partial charge in [-0.3, -0.25) is 16.0 Å². The lowest BCUT2D eigenvalue weighted by atomic mass is 9.95. The van der Waals surface area contributed by atoms with Gasteiger partial charge in [0, 0.05) is 24.7 Å². The summed E-state index contributed by atoms with van der Waals surface area (Å²) in [6.07, 6.45) is 6.52. The Bertz CT molecular complexity index is 507. The summed E-state index contributed by atoms with van der Waals surface area (Å²) in [5.41, 5.74) is 5.71. The molecule has 0 aromatic carbocycles. The summed E-state index contributed by atoms with van der Waals surface area (Å²) in [6.45, 7) is 5.30. The zero-order valence-corrected chi connectivity index (χ0v) is 13.3. The van der Waals surface area contributed by atoms with Crippen molar-refractivity contribution in [2.45, 2.75) is 58.5 Å². The van der Waals surface area contributed by atoms with E-state index in [-0.39, 0.29) is 0 Å². The van der Waals surface area contributed by atoms with Crippen LogP contribution in [0.3, 0.4) is 0 Å². The first-order valence-corrected chi connectivity index (χ1v) is 8.78. The van der Waals surface area contributed by atoms with Crippen LogP contribution in [0.15, 0.2) is 6.07 Å². The summed E-state index contributed by atoms with van der Waals surface area (Å²) >= 11 is 0. The summed E-state index contributed by atoms with van der Waals surface area (Å²) < 4.78 is 2.16. The molecule has 0 spiro atoms. The standard InChI is InChI=1S/C17H28N4/c1-3-12-8-13(21(4-2)20-12)9-14(19-18)17-15-10-5-6-11(7-10)16(15)17/h8,10-11,14-17,19H,3-7,9,18H2,1-2H3. The molecule has 0 saturated heterocycles. The number of hydrogen-bond donors (Lipinski definition) is 2. The van der Waals surface area contributed by atoms with Gasteiger partial charge in [0.05, 0.1) is 5.69 Å². The number of aromatic nitrogens is 2. The third kappa shape index (κ3) is 2.07. The highest BCUT2D eigenvalue weighted by atomic mass is 15.3. The molecule has 4 heteroatoms. The van der Waals surface area contributed by atoms with Crippen molar-refractivity contribution in [3.8, 4) is 0 Å². The van der Waals surface area contributed by atoms with Crippen molar-refractivity contribution in [1.82, 2.24) is 15.2 Å². The predicted molar refractivity (Wildman–Crippen MR) is 83.4 cm³/mol. The second-order valence-corrected chi connectivity index (χ2v) is 7.34. The minimum atomic E-state index is 0.440. The van der Waals surface area contributed by atoms with E-state index in [1.807, 2.05) is 0 Å².